The molecule has 1 unspecified atom stereocenters. The van der Waals surface area contributed by atoms with Gasteiger partial charge in [0, 0.05) is 29.1 Å². The van der Waals surface area contributed by atoms with E-state index < -0.39 is 23.7 Å². The van der Waals surface area contributed by atoms with Crippen LogP contribution in [-0.4, -0.2) is 29.4 Å². The van der Waals surface area contributed by atoms with Gasteiger partial charge in [-0.2, -0.15) is 0 Å². The molecule has 0 radical (unpaired) electrons. The number of ether oxygens (including phenoxy) is 1. The van der Waals surface area contributed by atoms with Gasteiger partial charge in [0.2, 0.25) is 5.91 Å². The molecule has 1 aliphatic heterocycles. The van der Waals surface area contributed by atoms with Gasteiger partial charge in [-0.05, 0) is 73.6 Å². The van der Waals surface area contributed by atoms with Crippen LogP contribution >= 0.6 is 0 Å². The van der Waals surface area contributed by atoms with E-state index in [2.05, 4.69) is 4.74 Å². The smallest absolute Gasteiger partial charge is 0.481 e. The summed E-state index contributed by atoms with van der Waals surface area (Å²) in [6, 6.07) is 7.93. The second-order valence-electron chi connectivity index (χ2n) is 10.2. The number of rotatable bonds is 5. The van der Waals surface area contributed by atoms with Crippen LogP contribution in [0.2, 0.25) is 0 Å². The summed E-state index contributed by atoms with van der Waals surface area (Å²) < 4.78 is 44.0. The topological polar surface area (TPSA) is 66.8 Å². The molecular formula is C26H28F3NO4. The Morgan fingerprint density at radius 1 is 1.18 bits per heavy atom. The molecule has 0 aromatic heterocycles. The lowest BCUT2D eigenvalue weighted by molar-refractivity contribution is -0.274. The average molecular weight is 476 g/mol. The number of carboxylic acid groups (broad SMARTS) is 1. The summed E-state index contributed by atoms with van der Waals surface area (Å²) >= 11 is 0. The van der Waals surface area contributed by atoms with Gasteiger partial charge in [-0.25, -0.2) is 0 Å². The Kier molecular flexibility index (Phi) is 5.69. The number of benzene rings is 2. The quantitative estimate of drug-likeness (QED) is 0.562. The second-order valence-corrected chi connectivity index (χ2v) is 10.2. The zero-order valence-electron chi connectivity index (χ0n) is 19.8. The van der Waals surface area contributed by atoms with Crippen LogP contribution in [0.4, 0.5) is 18.9 Å². The molecule has 1 fully saturated rings. The largest absolute Gasteiger partial charge is 0.573 e. The number of aryl methyl sites for hydroxylation is 1. The van der Waals surface area contributed by atoms with Crippen LogP contribution < -0.4 is 9.64 Å². The first kappa shape index (κ1) is 24.1. The number of carboxylic acids is 1. The molecule has 1 heterocycles. The van der Waals surface area contributed by atoms with E-state index in [-0.39, 0.29) is 29.2 Å². The number of hydrogen-bond donors (Lipinski definition) is 1. The predicted molar refractivity (Wildman–Crippen MR) is 122 cm³/mol. The fourth-order valence-electron chi connectivity index (χ4n) is 5.03. The highest BCUT2D eigenvalue weighted by molar-refractivity contribution is 5.99. The Bertz CT molecular complexity index is 1170. The molecule has 1 saturated carbocycles. The van der Waals surface area contributed by atoms with Crippen LogP contribution in [0, 0.1) is 12.8 Å². The van der Waals surface area contributed by atoms with Gasteiger partial charge in [-0.15, -0.1) is 13.2 Å². The van der Waals surface area contributed by atoms with Crippen molar-refractivity contribution in [2.45, 2.75) is 71.2 Å². The van der Waals surface area contributed by atoms with Crippen LogP contribution in [0.1, 0.15) is 63.1 Å². The number of carbonyl (C=O) groups is 2. The summed E-state index contributed by atoms with van der Waals surface area (Å²) in [5.74, 6) is -2.10. The first-order valence-electron chi connectivity index (χ1n) is 11.3. The van der Waals surface area contributed by atoms with Crippen molar-refractivity contribution >= 4 is 17.6 Å². The van der Waals surface area contributed by atoms with Crippen molar-refractivity contribution in [1.29, 1.82) is 0 Å². The van der Waals surface area contributed by atoms with Crippen molar-refractivity contribution in [2.75, 3.05) is 4.90 Å². The van der Waals surface area contributed by atoms with Gasteiger partial charge in [0.15, 0.2) is 0 Å². The Hall–Kier alpha value is -3.03. The highest BCUT2D eigenvalue weighted by Crippen LogP contribution is 2.51. The van der Waals surface area contributed by atoms with Crippen molar-refractivity contribution in [1.82, 2.24) is 0 Å². The maximum atomic E-state index is 13.2. The van der Waals surface area contributed by atoms with E-state index in [1.54, 1.807) is 17.0 Å². The first-order valence-corrected chi connectivity index (χ1v) is 11.3. The minimum absolute atomic E-state index is 0.0369. The van der Waals surface area contributed by atoms with Gasteiger partial charge in [0.25, 0.3) is 0 Å². The van der Waals surface area contributed by atoms with E-state index in [0.717, 1.165) is 11.1 Å². The molecule has 4 rings (SSSR count). The Morgan fingerprint density at radius 2 is 1.85 bits per heavy atom. The summed E-state index contributed by atoms with van der Waals surface area (Å²) in [5.41, 5.74) is 3.37. The lowest BCUT2D eigenvalue weighted by Crippen LogP contribution is -2.45. The molecule has 2 aliphatic rings. The first-order chi connectivity index (χ1) is 15.7. The lowest BCUT2D eigenvalue weighted by atomic mass is 9.75. The molecule has 1 amide bonds. The normalized spacial score (nSPS) is 21.4. The van der Waals surface area contributed by atoms with E-state index >= 15 is 0 Å². The van der Waals surface area contributed by atoms with E-state index in [1.807, 2.05) is 40.7 Å². The van der Waals surface area contributed by atoms with Gasteiger partial charge in [-0.1, -0.05) is 26.0 Å². The second kappa shape index (κ2) is 8.03. The van der Waals surface area contributed by atoms with Gasteiger partial charge < -0.3 is 14.7 Å². The third kappa shape index (κ3) is 4.38. The number of hydrogen-bond acceptors (Lipinski definition) is 3. The minimum Gasteiger partial charge on any atom is -0.481 e. The molecule has 2 aromatic rings. The molecule has 182 valence electrons. The molecule has 1 N–H and O–H groups in total. The molecule has 1 aliphatic carbocycles. The molecule has 2 aromatic carbocycles. The Labute approximate surface area is 196 Å². The van der Waals surface area contributed by atoms with Crippen LogP contribution in [0.25, 0.3) is 11.1 Å². The highest BCUT2D eigenvalue weighted by atomic mass is 19.4. The zero-order chi connectivity index (χ0) is 25.2. The number of amides is 1. The number of halogens is 3. The average Bonchev–Trinajstić information content (AvgIpc) is 3.48. The van der Waals surface area contributed by atoms with Crippen molar-refractivity contribution in [3.63, 3.8) is 0 Å². The maximum Gasteiger partial charge on any atom is 0.573 e. The van der Waals surface area contributed by atoms with Crippen molar-refractivity contribution in [3.05, 3.63) is 47.0 Å². The standard InChI is InChI=1S/C26H28F3NO4/c1-13(2)30-21-11-16(14(3)8-20(21)25(4,5)12-23(30)31)18-9-15(17-10-19(17)24(32)33)6-7-22(18)34-26(27,28)29/h6-9,11,13,17,19H,10,12H2,1-5H3,(H,32,33)/t17?,19-/m0/s1. The molecular weight excluding hydrogens is 447 g/mol. The number of alkyl halides is 3. The van der Waals surface area contributed by atoms with Crippen LogP contribution in [0.3, 0.4) is 0 Å². The zero-order valence-corrected chi connectivity index (χ0v) is 19.8. The number of aliphatic carboxylic acids is 1. The fourth-order valence-corrected chi connectivity index (χ4v) is 5.03. The monoisotopic (exact) mass is 475 g/mol. The summed E-state index contributed by atoms with van der Waals surface area (Å²) in [6.45, 7) is 9.59. The van der Waals surface area contributed by atoms with Crippen LogP contribution in [0.5, 0.6) is 5.75 Å². The summed E-state index contributed by atoms with van der Waals surface area (Å²) in [6.07, 6.45) is -4.10. The van der Waals surface area contributed by atoms with Crippen LogP contribution in [-0.2, 0) is 15.0 Å². The highest BCUT2D eigenvalue weighted by Gasteiger charge is 2.45. The van der Waals surface area contributed by atoms with Crippen molar-refractivity contribution in [2.24, 2.45) is 5.92 Å². The Balaban J connectivity index is 1.91. The summed E-state index contributed by atoms with van der Waals surface area (Å²) in [7, 11) is 0. The van der Waals surface area contributed by atoms with Gasteiger partial charge in [-0.3, -0.25) is 9.59 Å². The third-order valence-electron chi connectivity index (χ3n) is 6.76. The predicted octanol–water partition coefficient (Wildman–Crippen LogP) is 6.17. The fraction of sp³-hybridized carbons (Fsp3) is 0.462. The maximum absolute atomic E-state index is 13.2. The molecule has 0 spiro atoms. The molecule has 34 heavy (non-hydrogen) atoms. The number of fused-ring (bicyclic) bond motifs is 1. The van der Waals surface area contributed by atoms with Crippen LogP contribution in [0.15, 0.2) is 30.3 Å². The van der Waals surface area contributed by atoms with E-state index in [0.29, 0.717) is 29.7 Å². The van der Waals surface area contributed by atoms with Gasteiger partial charge in [0.05, 0.1) is 5.92 Å². The van der Waals surface area contributed by atoms with E-state index in [4.69, 9.17) is 0 Å². The van der Waals surface area contributed by atoms with Crippen molar-refractivity contribution in [3.8, 4) is 16.9 Å². The molecule has 0 bridgehead atoms. The minimum atomic E-state index is -4.89. The molecule has 2 atom stereocenters. The molecule has 0 saturated heterocycles. The molecule has 8 heteroatoms. The van der Waals surface area contributed by atoms with Gasteiger partial charge in [0.1, 0.15) is 5.75 Å². The Morgan fingerprint density at radius 3 is 2.41 bits per heavy atom. The SMILES string of the molecule is Cc1cc2c(cc1-c1cc(C3C[C@@H]3C(=O)O)ccc1OC(F)(F)F)N(C(C)C)C(=O)CC2(C)C. The van der Waals surface area contributed by atoms with Crippen molar-refractivity contribution < 1.29 is 32.6 Å². The lowest BCUT2D eigenvalue weighted by Gasteiger charge is -2.41. The number of carbonyl (C=O) groups excluding carboxylic acids is 1. The number of anilines is 1. The van der Waals surface area contributed by atoms with E-state index in [9.17, 15) is 27.9 Å². The van der Waals surface area contributed by atoms with E-state index in [1.165, 1.54) is 12.1 Å². The van der Waals surface area contributed by atoms with Gasteiger partial charge >= 0.3 is 12.3 Å². The summed E-state index contributed by atoms with van der Waals surface area (Å²) in [5, 5.41) is 9.30. The molecule has 5 nitrogen and oxygen atoms in total. The summed E-state index contributed by atoms with van der Waals surface area (Å²) in [4.78, 5) is 26.0. The number of nitrogens with zero attached hydrogens (tertiary/aromatic N) is 1. The third-order valence-corrected chi connectivity index (χ3v) is 6.76.